The summed E-state index contributed by atoms with van der Waals surface area (Å²) in [6.07, 6.45) is -1.13. The molecule has 0 saturated carbocycles. The zero-order valence-electron chi connectivity index (χ0n) is 7.60. The van der Waals surface area contributed by atoms with Crippen LogP contribution in [0.1, 0.15) is 18.1 Å². The highest BCUT2D eigenvalue weighted by atomic mass is 79.9. The Hall–Kier alpha value is -0.0300. The zero-order valence-corrected chi connectivity index (χ0v) is 10.1. The van der Waals surface area contributed by atoms with Crippen molar-refractivity contribution >= 4 is 28.6 Å². The molecule has 0 aromatic heterocycles. The molecule has 0 fully saturated rings. The number of benzene rings is 1. The minimum absolute atomic E-state index is 0.478. The molecule has 2 atom stereocenters. The van der Waals surface area contributed by atoms with Crippen LogP contribution in [-0.4, -0.2) is 22.1 Å². The van der Waals surface area contributed by atoms with Gasteiger partial charge in [0.2, 0.25) is 0 Å². The molecule has 14 heavy (non-hydrogen) atoms. The third-order valence-electron chi connectivity index (χ3n) is 2.01. The van der Waals surface area contributed by atoms with Gasteiger partial charge in [0.25, 0.3) is 0 Å². The second-order valence-corrected chi connectivity index (χ2v) is 4.35. The summed E-state index contributed by atoms with van der Waals surface area (Å²) in [5.74, 6) is 0.558. The Balaban J connectivity index is 2.78. The first kappa shape index (κ1) is 12.0. The first-order valence-electron chi connectivity index (χ1n) is 4.38. The van der Waals surface area contributed by atoms with Gasteiger partial charge in [0.05, 0.1) is 6.10 Å². The Bertz CT molecular complexity index is 293. The van der Waals surface area contributed by atoms with E-state index in [0.717, 1.165) is 4.47 Å². The van der Waals surface area contributed by atoms with Crippen LogP contribution in [0.3, 0.4) is 0 Å². The number of hydrogen-bond donors (Lipinski definition) is 3. The Kier molecular flexibility index (Phi) is 4.95. The van der Waals surface area contributed by atoms with E-state index in [0.29, 0.717) is 17.7 Å². The van der Waals surface area contributed by atoms with Gasteiger partial charge < -0.3 is 10.2 Å². The topological polar surface area (TPSA) is 40.5 Å². The lowest BCUT2D eigenvalue weighted by Crippen LogP contribution is -2.18. The molecule has 0 amide bonds. The van der Waals surface area contributed by atoms with Crippen molar-refractivity contribution in [3.8, 4) is 0 Å². The van der Waals surface area contributed by atoms with Crippen LogP contribution in [0.5, 0.6) is 0 Å². The standard InChI is InChI=1S/C10H13BrO2S/c11-8-4-2-1-3-7(8)10(13)9(12)5-6-14/h1-4,9-10,12-14H,5-6H2. The van der Waals surface area contributed by atoms with Crippen LogP contribution in [0, 0.1) is 0 Å². The average molecular weight is 277 g/mol. The molecule has 0 aliphatic heterocycles. The lowest BCUT2D eigenvalue weighted by atomic mass is 10.0. The minimum Gasteiger partial charge on any atom is -0.390 e. The maximum atomic E-state index is 9.79. The molecule has 78 valence electrons. The van der Waals surface area contributed by atoms with Gasteiger partial charge >= 0.3 is 0 Å². The molecular weight excluding hydrogens is 264 g/mol. The highest BCUT2D eigenvalue weighted by Gasteiger charge is 2.19. The first-order chi connectivity index (χ1) is 6.66. The van der Waals surface area contributed by atoms with Crippen molar-refractivity contribution in [3.63, 3.8) is 0 Å². The van der Waals surface area contributed by atoms with E-state index in [1.54, 1.807) is 6.07 Å². The molecule has 2 unspecified atom stereocenters. The second-order valence-electron chi connectivity index (χ2n) is 3.05. The van der Waals surface area contributed by atoms with E-state index >= 15 is 0 Å². The number of hydrogen-bond acceptors (Lipinski definition) is 3. The quantitative estimate of drug-likeness (QED) is 0.738. The van der Waals surface area contributed by atoms with Gasteiger partial charge in [-0.05, 0) is 23.8 Å². The number of halogens is 1. The van der Waals surface area contributed by atoms with Crippen molar-refractivity contribution in [3.05, 3.63) is 34.3 Å². The predicted molar refractivity (Wildman–Crippen MR) is 63.6 cm³/mol. The third-order valence-corrected chi connectivity index (χ3v) is 2.99. The van der Waals surface area contributed by atoms with Gasteiger partial charge in [-0.3, -0.25) is 0 Å². The molecule has 0 saturated heterocycles. The van der Waals surface area contributed by atoms with E-state index in [9.17, 15) is 10.2 Å². The van der Waals surface area contributed by atoms with Gasteiger partial charge in [-0.25, -0.2) is 0 Å². The van der Waals surface area contributed by atoms with Gasteiger partial charge in [0.15, 0.2) is 0 Å². The fraction of sp³-hybridized carbons (Fsp3) is 0.400. The molecule has 1 aromatic carbocycles. The summed E-state index contributed by atoms with van der Waals surface area (Å²) >= 11 is 7.34. The normalized spacial score (nSPS) is 15.1. The van der Waals surface area contributed by atoms with Crippen LogP contribution in [-0.2, 0) is 0 Å². The Labute approximate surface area is 97.5 Å². The molecule has 2 nitrogen and oxygen atoms in total. The zero-order chi connectivity index (χ0) is 10.6. The fourth-order valence-corrected chi connectivity index (χ4v) is 2.00. The van der Waals surface area contributed by atoms with Gasteiger partial charge in [-0.15, -0.1) is 0 Å². The maximum absolute atomic E-state index is 9.79. The average Bonchev–Trinajstić information content (AvgIpc) is 2.18. The SMILES string of the molecule is OC(CCS)C(O)c1ccccc1Br. The molecule has 2 N–H and O–H groups in total. The molecule has 1 rings (SSSR count). The molecule has 0 spiro atoms. The van der Waals surface area contributed by atoms with E-state index in [4.69, 9.17) is 0 Å². The minimum atomic E-state index is -0.849. The molecule has 0 aliphatic carbocycles. The molecular formula is C10H13BrO2S. The van der Waals surface area contributed by atoms with E-state index in [2.05, 4.69) is 28.6 Å². The summed E-state index contributed by atoms with van der Waals surface area (Å²) in [4.78, 5) is 0. The summed E-state index contributed by atoms with van der Waals surface area (Å²) in [5.41, 5.74) is 0.710. The second kappa shape index (κ2) is 5.75. The largest absolute Gasteiger partial charge is 0.390 e. The number of aliphatic hydroxyl groups excluding tert-OH is 2. The van der Waals surface area contributed by atoms with Crippen LogP contribution in [0.15, 0.2) is 28.7 Å². The summed E-state index contributed by atoms with van der Waals surface area (Å²) < 4.78 is 0.811. The molecule has 0 bridgehead atoms. The van der Waals surface area contributed by atoms with Gasteiger partial charge in [-0.1, -0.05) is 34.1 Å². The van der Waals surface area contributed by atoms with Crippen molar-refractivity contribution in [2.75, 3.05) is 5.75 Å². The van der Waals surface area contributed by atoms with Gasteiger partial charge in [0.1, 0.15) is 6.10 Å². The Morgan fingerprint density at radius 3 is 2.50 bits per heavy atom. The monoisotopic (exact) mass is 276 g/mol. The van der Waals surface area contributed by atoms with Crippen LogP contribution in [0.25, 0.3) is 0 Å². The number of aliphatic hydroxyl groups is 2. The fourth-order valence-electron chi connectivity index (χ4n) is 1.21. The van der Waals surface area contributed by atoms with E-state index in [-0.39, 0.29) is 0 Å². The number of rotatable bonds is 4. The predicted octanol–water partition coefficient (Wildman–Crippen LogP) is 2.16. The molecule has 0 aliphatic rings. The third kappa shape index (κ3) is 2.98. The van der Waals surface area contributed by atoms with Crippen molar-refractivity contribution in [1.29, 1.82) is 0 Å². The van der Waals surface area contributed by atoms with Crippen molar-refractivity contribution in [2.24, 2.45) is 0 Å². The highest BCUT2D eigenvalue weighted by molar-refractivity contribution is 9.10. The van der Waals surface area contributed by atoms with Gasteiger partial charge in [0, 0.05) is 4.47 Å². The lowest BCUT2D eigenvalue weighted by molar-refractivity contribution is 0.0168. The van der Waals surface area contributed by atoms with Crippen molar-refractivity contribution < 1.29 is 10.2 Å². The molecule has 0 heterocycles. The highest BCUT2D eigenvalue weighted by Crippen LogP contribution is 2.26. The summed E-state index contributed by atoms with van der Waals surface area (Å²) in [5, 5.41) is 19.4. The molecule has 0 radical (unpaired) electrons. The first-order valence-corrected chi connectivity index (χ1v) is 5.80. The van der Waals surface area contributed by atoms with Crippen molar-refractivity contribution in [1.82, 2.24) is 0 Å². The van der Waals surface area contributed by atoms with Crippen molar-refractivity contribution in [2.45, 2.75) is 18.6 Å². The molecule has 4 heteroatoms. The summed E-state index contributed by atoms with van der Waals surface area (Å²) in [6, 6.07) is 7.32. The Morgan fingerprint density at radius 1 is 1.29 bits per heavy atom. The lowest BCUT2D eigenvalue weighted by Gasteiger charge is -2.18. The van der Waals surface area contributed by atoms with E-state index in [1.807, 2.05) is 18.2 Å². The maximum Gasteiger partial charge on any atom is 0.106 e. The number of thiol groups is 1. The van der Waals surface area contributed by atoms with Gasteiger partial charge in [-0.2, -0.15) is 12.6 Å². The Morgan fingerprint density at radius 2 is 1.93 bits per heavy atom. The van der Waals surface area contributed by atoms with Crippen LogP contribution in [0.2, 0.25) is 0 Å². The van der Waals surface area contributed by atoms with E-state index in [1.165, 1.54) is 0 Å². The van der Waals surface area contributed by atoms with Crippen LogP contribution >= 0.6 is 28.6 Å². The van der Waals surface area contributed by atoms with E-state index < -0.39 is 12.2 Å². The summed E-state index contributed by atoms with van der Waals surface area (Å²) in [7, 11) is 0. The molecule has 1 aromatic rings. The summed E-state index contributed by atoms with van der Waals surface area (Å²) in [6.45, 7) is 0. The smallest absolute Gasteiger partial charge is 0.106 e. The van der Waals surface area contributed by atoms with Crippen LogP contribution in [0.4, 0.5) is 0 Å². The van der Waals surface area contributed by atoms with Crippen LogP contribution < -0.4 is 0 Å².